The van der Waals surface area contributed by atoms with Crippen molar-refractivity contribution in [2.24, 2.45) is 0 Å². The van der Waals surface area contributed by atoms with Crippen LogP contribution in [-0.2, 0) is 16.1 Å². The molecule has 1 atom stereocenters. The second kappa shape index (κ2) is 8.49. The average Bonchev–Trinajstić information content (AvgIpc) is 3.02. The van der Waals surface area contributed by atoms with Crippen LogP contribution in [0.5, 0.6) is 5.75 Å². The number of para-hydroxylation sites is 3. The molecule has 0 saturated carbocycles. The Morgan fingerprint density at radius 3 is 2.65 bits per heavy atom. The van der Waals surface area contributed by atoms with Crippen molar-refractivity contribution in [2.75, 3.05) is 20.3 Å². The molecule has 6 heteroatoms. The van der Waals surface area contributed by atoms with Crippen LogP contribution in [0.4, 0.5) is 0 Å². The van der Waals surface area contributed by atoms with Gasteiger partial charge in [0.05, 0.1) is 23.6 Å². The van der Waals surface area contributed by atoms with E-state index in [4.69, 9.17) is 14.5 Å². The zero-order valence-corrected chi connectivity index (χ0v) is 15.0. The first kappa shape index (κ1) is 17.9. The van der Waals surface area contributed by atoms with Crippen LogP contribution in [0, 0.1) is 0 Å². The molecule has 3 aromatic rings. The number of ether oxygens (including phenoxy) is 2. The first-order valence-electron chi connectivity index (χ1n) is 8.60. The van der Waals surface area contributed by atoms with Gasteiger partial charge in [0.15, 0.2) is 0 Å². The molecule has 6 nitrogen and oxygen atoms in total. The predicted octanol–water partition coefficient (Wildman–Crippen LogP) is 2.94. The number of imidazole rings is 1. The number of nitrogens with one attached hydrogen (secondary N) is 1. The predicted molar refractivity (Wildman–Crippen MR) is 100 cm³/mol. The number of carbonyl (C=O) groups excluding carboxylic acids is 1. The van der Waals surface area contributed by atoms with E-state index < -0.39 is 0 Å². The molecule has 1 aromatic heterocycles. The van der Waals surface area contributed by atoms with Gasteiger partial charge in [0.1, 0.15) is 24.8 Å². The number of hydrogen-bond acceptors (Lipinski definition) is 4. The first-order chi connectivity index (χ1) is 12.7. The molecule has 1 amide bonds. The smallest absolute Gasteiger partial charge is 0.246 e. The van der Waals surface area contributed by atoms with Crippen LogP contribution in [0.2, 0.25) is 0 Å². The third kappa shape index (κ3) is 4.21. The summed E-state index contributed by atoms with van der Waals surface area (Å²) in [4.78, 5) is 16.6. The van der Waals surface area contributed by atoms with Crippen LogP contribution >= 0.6 is 0 Å². The van der Waals surface area contributed by atoms with Crippen LogP contribution in [0.1, 0.15) is 18.8 Å². The Hall–Kier alpha value is -2.86. The van der Waals surface area contributed by atoms with Crippen LogP contribution < -0.4 is 10.1 Å². The highest BCUT2D eigenvalue weighted by Crippen LogP contribution is 2.21. The summed E-state index contributed by atoms with van der Waals surface area (Å²) >= 11 is 0. The Balaban J connectivity index is 1.79. The lowest BCUT2D eigenvalue weighted by Gasteiger charge is -2.16. The standard InChI is InChI=1S/C20H23N3O3/c1-15(21-19(24)14-25-2)20-22-17-10-6-7-11-18(17)23(20)12-13-26-16-8-4-3-5-9-16/h3-11,15H,12-14H2,1-2H3,(H,21,24). The number of fused-ring (bicyclic) bond motifs is 1. The molecule has 136 valence electrons. The lowest BCUT2D eigenvalue weighted by Crippen LogP contribution is -2.31. The molecule has 0 saturated heterocycles. The van der Waals surface area contributed by atoms with Gasteiger partial charge in [-0.1, -0.05) is 30.3 Å². The Morgan fingerprint density at radius 2 is 1.88 bits per heavy atom. The molecule has 1 N–H and O–H groups in total. The van der Waals surface area contributed by atoms with E-state index in [1.807, 2.05) is 61.5 Å². The fourth-order valence-corrected chi connectivity index (χ4v) is 2.91. The molecule has 0 bridgehead atoms. The first-order valence-corrected chi connectivity index (χ1v) is 8.60. The van der Waals surface area contributed by atoms with Gasteiger partial charge in [-0.05, 0) is 31.2 Å². The van der Waals surface area contributed by atoms with E-state index in [1.165, 1.54) is 7.11 Å². The van der Waals surface area contributed by atoms with E-state index in [0.717, 1.165) is 22.6 Å². The van der Waals surface area contributed by atoms with Gasteiger partial charge < -0.3 is 19.4 Å². The number of amides is 1. The molecule has 1 heterocycles. The van der Waals surface area contributed by atoms with Crippen molar-refractivity contribution in [3.8, 4) is 5.75 Å². The largest absolute Gasteiger partial charge is 0.492 e. The van der Waals surface area contributed by atoms with Crippen LogP contribution in [0.3, 0.4) is 0 Å². The highest BCUT2D eigenvalue weighted by atomic mass is 16.5. The minimum absolute atomic E-state index is 0.0295. The van der Waals surface area contributed by atoms with E-state index in [0.29, 0.717) is 13.2 Å². The van der Waals surface area contributed by atoms with E-state index in [2.05, 4.69) is 9.88 Å². The number of aromatic nitrogens is 2. The van der Waals surface area contributed by atoms with Crippen molar-refractivity contribution in [1.82, 2.24) is 14.9 Å². The summed E-state index contributed by atoms with van der Waals surface area (Å²) in [7, 11) is 1.50. The third-order valence-electron chi connectivity index (χ3n) is 4.05. The average molecular weight is 353 g/mol. The van der Waals surface area contributed by atoms with E-state index in [-0.39, 0.29) is 18.6 Å². The minimum Gasteiger partial charge on any atom is -0.492 e. The number of nitrogens with zero attached hydrogens (tertiary/aromatic N) is 2. The van der Waals surface area contributed by atoms with E-state index in [9.17, 15) is 4.79 Å². The van der Waals surface area contributed by atoms with Gasteiger partial charge in [0, 0.05) is 7.11 Å². The molecule has 0 aliphatic rings. The maximum atomic E-state index is 11.9. The van der Waals surface area contributed by atoms with Crippen molar-refractivity contribution < 1.29 is 14.3 Å². The Bertz CT molecular complexity index is 861. The fourth-order valence-electron chi connectivity index (χ4n) is 2.91. The van der Waals surface area contributed by atoms with Gasteiger partial charge >= 0.3 is 0 Å². The molecule has 2 aromatic carbocycles. The Kier molecular flexibility index (Phi) is 5.86. The molecule has 0 radical (unpaired) electrons. The highest BCUT2D eigenvalue weighted by molar-refractivity contribution is 5.78. The molecule has 0 aliphatic heterocycles. The minimum atomic E-state index is -0.234. The van der Waals surface area contributed by atoms with Crippen molar-refractivity contribution in [1.29, 1.82) is 0 Å². The second-order valence-corrected chi connectivity index (χ2v) is 5.99. The van der Waals surface area contributed by atoms with Gasteiger partial charge in [-0.15, -0.1) is 0 Å². The zero-order valence-electron chi connectivity index (χ0n) is 15.0. The quantitative estimate of drug-likeness (QED) is 0.676. The summed E-state index contributed by atoms with van der Waals surface area (Å²) in [6, 6.07) is 17.4. The normalized spacial score (nSPS) is 12.1. The monoisotopic (exact) mass is 353 g/mol. The molecule has 0 spiro atoms. The molecular formula is C20H23N3O3. The van der Waals surface area contributed by atoms with Crippen molar-refractivity contribution in [3.05, 3.63) is 60.4 Å². The van der Waals surface area contributed by atoms with Crippen LogP contribution in [0.15, 0.2) is 54.6 Å². The van der Waals surface area contributed by atoms with Gasteiger partial charge in [-0.25, -0.2) is 4.98 Å². The maximum absolute atomic E-state index is 11.9. The summed E-state index contributed by atoms with van der Waals surface area (Å²) < 4.78 is 12.8. The lowest BCUT2D eigenvalue weighted by molar-refractivity contribution is -0.125. The molecule has 0 fully saturated rings. The van der Waals surface area contributed by atoms with Crippen molar-refractivity contribution >= 4 is 16.9 Å². The third-order valence-corrected chi connectivity index (χ3v) is 4.05. The molecule has 0 aliphatic carbocycles. The number of benzene rings is 2. The Labute approximate surface area is 152 Å². The zero-order chi connectivity index (χ0) is 18.4. The summed E-state index contributed by atoms with van der Waals surface area (Å²) in [5, 5.41) is 2.92. The van der Waals surface area contributed by atoms with Crippen molar-refractivity contribution in [3.63, 3.8) is 0 Å². The Morgan fingerprint density at radius 1 is 1.15 bits per heavy atom. The van der Waals surface area contributed by atoms with Crippen LogP contribution in [0.25, 0.3) is 11.0 Å². The topological polar surface area (TPSA) is 65.4 Å². The molecular weight excluding hydrogens is 330 g/mol. The SMILES string of the molecule is COCC(=O)NC(C)c1nc2ccccc2n1CCOc1ccccc1. The summed E-state index contributed by atoms with van der Waals surface area (Å²) in [6.45, 7) is 3.09. The molecule has 1 unspecified atom stereocenters. The number of hydrogen-bond donors (Lipinski definition) is 1. The fraction of sp³-hybridized carbons (Fsp3) is 0.300. The highest BCUT2D eigenvalue weighted by Gasteiger charge is 2.18. The number of rotatable bonds is 8. The van der Waals surface area contributed by atoms with Gasteiger partial charge in [0.2, 0.25) is 5.91 Å². The summed E-state index contributed by atoms with van der Waals surface area (Å²) in [6.07, 6.45) is 0. The number of carbonyl (C=O) groups is 1. The summed E-state index contributed by atoms with van der Waals surface area (Å²) in [5.41, 5.74) is 1.92. The van der Waals surface area contributed by atoms with Gasteiger partial charge in [-0.2, -0.15) is 0 Å². The van der Waals surface area contributed by atoms with Gasteiger partial charge in [0.25, 0.3) is 0 Å². The lowest BCUT2D eigenvalue weighted by atomic mass is 10.3. The van der Waals surface area contributed by atoms with Crippen molar-refractivity contribution in [2.45, 2.75) is 19.5 Å². The number of methoxy groups -OCH3 is 1. The van der Waals surface area contributed by atoms with E-state index in [1.54, 1.807) is 0 Å². The molecule has 26 heavy (non-hydrogen) atoms. The maximum Gasteiger partial charge on any atom is 0.246 e. The summed E-state index contributed by atoms with van der Waals surface area (Å²) in [5.74, 6) is 1.46. The second-order valence-electron chi connectivity index (χ2n) is 5.99. The van der Waals surface area contributed by atoms with E-state index >= 15 is 0 Å². The van der Waals surface area contributed by atoms with Crippen LogP contribution in [-0.4, -0.2) is 35.8 Å². The van der Waals surface area contributed by atoms with Gasteiger partial charge in [-0.3, -0.25) is 4.79 Å². The molecule has 3 rings (SSSR count).